The van der Waals surface area contributed by atoms with E-state index in [2.05, 4.69) is 48.5 Å². The lowest BCUT2D eigenvalue weighted by atomic mass is 9.70. The molecule has 0 saturated carbocycles. The summed E-state index contributed by atoms with van der Waals surface area (Å²) in [6.45, 7) is 0. The van der Waals surface area contributed by atoms with Gasteiger partial charge in [0.25, 0.3) is 0 Å². The summed E-state index contributed by atoms with van der Waals surface area (Å²) in [5, 5.41) is 20.6. The van der Waals surface area contributed by atoms with E-state index in [1.807, 2.05) is 24.3 Å². The van der Waals surface area contributed by atoms with Crippen LogP contribution in [0.25, 0.3) is 22.3 Å². The van der Waals surface area contributed by atoms with E-state index in [0.717, 1.165) is 22.3 Å². The minimum absolute atomic E-state index is 0.256. The first kappa shape index (κ1) is 14.6. The molecule has 6 rings (SSSR count). The highest BCUT2D eigenvalue weighted by Crippen LogP contribution is 2.63. The second-order valence-corrected chi connectivity index (χ2v) is 7.30. The summed E-state index contributed by atoms with van der Waals surface area (Å²) in [6.07, 6.45) is 0. The van der Waals surface area contributed by atoms with Gasteiger partial charge in [0.15, 0.2) is 0 Å². The van der Waals surface area contributed by atoms with Crippen molar-refractivity contribution < 1.29 is 10.2 Å². The summed E-state index contributed by atoms with van der Waals surface area (Å²) in [7, 11) is 0. The van der Waals surface area contributed by atoms with Crippen LogP contribution in [0.5, 0.6) is 11.5 Å². The Balaban J connectivity index is 1.88. The molecule has 2 heteroatoms. The zero-order chi connectivity index (χ0) is 18.2. The Kier molecular flexibility index (Phi) is 2.60. The lowest BCUT2D eigenvalue weighted by molar-refractivity contribution is 0.473. The Morgan fingerprint density at radius 3 is 1.33 bits per heavy atom. The van der Waals surface area contributed by atoms with Crippen molar-refractivity contribution in [2.24, 2.45) is 0 Å². The van der Waals surface area contributed by atoms with Crippen LogP contribution in [0, 0.1) is 0 Å². The first-order chi connectivity index (χ1) is 13.2. The van der Waals surface area contributed by atoms with Crippen molar-refractivity contribution in [3.63, 3.8) is 0 Å². The van der Waals surface area contributed by atoms with Crippen LogP contribution in [-0.2, 0) is 5.41 Å². The zero-order valence-corrected chi connectivity index (χ0v) is 14.5. The molecule has 4 aromatic carbocycles. The summed E-state index contributed by atoms with van der Waals surface area (Å²) in [5.41, 5.74) is 8.64. The fraction of sp³-hybridized carbons (Fsp3) is 0.0400. The van der Waals surface area contributed by atoms with Crippen molar-refractivity contribution in [1.82, 2.24) is 0 Å². The molecule has 0 unspecified atom stereocenters. The van der Waals surface area contributed by atoms with Gasteiger partial charge in [-0.1, -0.05) is 60.7 Å². The first-order valence-corrected chi connectivity index (χ1v) is 9.08. The Morgan fingerprint density at radius 2 is 0.852 bits per heavy atom. The highest BCUT2D eigenvalue weighted by atomic mass is 16.3. The van der Waals surface area contributed by atoms with Crippen LogP contribution in [0.15, 0.2) is 84.9 Å². The Morgan fingerprint density at radius 1 is 0.444 bits per heavy atom. The van der Waals surface area contributed by atoms with E-state index >= 15 is 0 Å². The molecule has 4 aromatic rings. The molecule has 27 heavy (non-hydrogen) atoms. The van der Waals surface area contributed by atoms with Gasteiger partial charge in [-0.3, -0.25) is 0 Å². The monoisotopic (exact) mass is 348 g/mol. The van der Waals surface area contributed by atoms with E-state index < -0.39 is 5.41 Å². The van der Waals surface area contributed by atoms with Crippen molar-refractivity contribution in [3.05, 3.63) is 107 Å². The molecule has 2 aliphatic rings. The summed E-state index contributed by atoms with van der Waals surface area (Å²) in [6, 6.07) is 28.1. The maximum absolute atomic E-state index is 10.3. The normalized spacial score (nSPS) is 14.5. The van der Waals surface area contributed by atoms with Gasteiger partial charge in [0, 0.05) is 0 Å². The van der Waals surface area contributed by atoms with Gasteiger partial charge in [-0.25, -0.2) is 0 Å². The van der Waals surface area contributed by atoms with E-state index in [4.69, 9.17) is 0 Å². The molecular formula is C25H16O2. The molecule has 0 amide bonds. The van der Waals surface area contributed by atoms with Gasteiger partial charge in [-0.05, 0) is 68.8 Å². The molecule has 1 spiro atoms. The molecule has 2 nitrogen and oxygen atoms in total. The molecule has 0 radical (unpaired) electrons. The van der Waals surface area contributed by atoms with Gasteiger partial charge in [0.1, 0.15) is 11.5 Å². The number of benzene rings is 4. The predicted molar refractivity (Wildman–Crippen MR) is 106 cm³/mol. The maximum atomic E-state index is 10.3. The standard InChI is InChI=1S/C25H16O2/c26-15-9-11-19-17-5-1-3-7-21(17)25(23(19)13-15)22-8-4-2-6-18(22)20-12-10-16(27)14-24(20)25/h1-14,26-27H. The van der Waals surface area contributed by atoms with Crippen molar-refractivity contribution in [2.75, 3.05) is 0 Å². The first-order valence-electron chi connectivity index (χ1n) is 9.08. The smallest absolute Gasteiger partial charge is 0.115 e. The van der Waals surface area contributed by atoms with E-state index in [0.29, 0.717) is 0 Å². The van der Waals surface area contributed by atoms with Gasteiger partial charge in [-0.15, -0.1) is 0 Å². The molecule has 2 N–H and O–H groups in total. The highest BCUT2D eigenvalue weighted by molar-refractivity contribution is 5.95. The molecule has 128 valence electrons. The fourth-order valence-electron chi connectivity index (χ4n) is 5.12. The van der Waals surface area contributed by atoms with E-state index in [1.165, 1.54) is 22.3 Å². The summed E-state index contributed by atoms with van der Waals surface area (Å²) in [5.74, 6) is 0.513. The third-order valence-corrected chi connectivity index (χ3v) is 6.06. The third kappa shape index (κ3) is 1.61. The molecular weight excluding hydrogens is 332 g/mol. The van der Waals surface area contributed by atoms with Crippen LogP contribution in [0.2, 0.25) is 0 Å². The minimum atomic E-state index is -0.519. The molecule has 2 aliphatic carbocycles. The van der Waals surface area contributed by atoms with Crippen LogP contribution in [0.4, 0.5) is 0 Å². The number of aromatic hydroxyl groups is 2. The van der Waals surface area contributed by atoms with Crippen LogP contribution < -0.4 is 0 Å². The quantitative estimate of drug-likeness (QED) is 0.384. The zero-order valence-electron chi connectivity index (χ0n) is 14.5. The van der Waals surface area contributed by atoms with Crippen molar-refractivity contribution >= 4 is 0 Å². The lowest BCUT2D eigenvalue weighted by Crippen LogP contribution is -2.25. The van der Waals surface area contributed by atoms with Crippen molar-refractivity contribution in [1.29, 1.82) is 0 Å². The number of hydrogen-bond acceptors (Lipinski definition) is 2. The second kappa shape index (κ2) is 4.80. The van der Waals surface area contributed by atoms with Gasteiger partial charge < -0.3 is 10.2 Å². The maximum Gasteiger partial charge on any atom is 0.115 e. The highest BCUT2D eigenvalue weighted by Gasteiger charge is 2.51. The topological polar surface area (TPSA) is 40.5 Å². The van der Waals surface area contributed by atoms with Crippen molar-refractivity contribution in [2.45, 2.75) is 5.41 Å². The molecule has 0 atom stereocenters. The SMILES string of the molecule is Oc1ccc2c(c1)C1(c3ccccc3-2)c2ccccc2-c2ccc(O)cc21. The third-order valence-electron chi connectivity index (χ3n) is 6.06. The van der Waals surface area contributed by atoms with Gasteiger partial charge in [0.05, 0.1) is 5.41 Å². The summed E-state index contributed by atoms with van der Waals surface area (Å²) < 4.78 is 0. The molecule has 0 fully saturated rings. The molecule has 0 heterocycles. The average molecular weight is 348 g/mol. The Bertz CT molecular complexity index is 1150. The average Bonchev–Trinajstić information content (AvgIpc) is 3.14. The van der Waals surface area contributed by atoms with Gasteiger partial charge >= 0.3 is 0 Å². The number of hydrogen-bond donors (Lipinski definition) is 2. The Labute approximate surface area is 157 Å². The predicted octanol–water partition coefficient (Wildman–Crippen LogP) is 5.44. The van der Waals surface area contributed by atoms with Crippen LogP contribution in [0.3, 0.4) is 0 Å². The molecule has 0 aromatic heterocycles. The van der Waals surface area contributed by atoms with Gasteiger partial charge in [0.2, 0.25) is 0 Å². The van der Waals surface area contributed by atoms with E-state index in [9.17, 15) is 10.2 Å². The van der Waals surface area contributed by atoms with Crippen molar-refractivity contribution in [3.8, 4) is 33.8 Å². The number of rotatable bonds is 0. The minimum Gasteiger partial charge on any atom is -0.508 e. The van der Waals surface area contributed by atoms with E-state index in [1.54, 1.807) is 12.1 Å². The molecule has 0 bridgehead atoms. The number of phenols is 2. The molecule has 0 saturated heterocycles. The Hall–Kier alpha value is -3.52. The van der Waals surface area contributed by atoms with E-state index in [-0.39, 0.29) is 11.5 Å². The van der Waals surface area contributed by atoms with Crippen LogP contribution in [-0.4, -0.2) is 10.2 Å². The van der Waals surface area contributed by atoms with Crippen LogP contribution in [0.1, 0.15) is 22.3 Å². The van der Waals surface area contributed by atoms with Crippen LogP contribution >= 0.6 is 0 Å². The summed E-state index contributed by atoms with van der Waals surface area (Å²) >= 11 is 0. The van der Waals surface area contributed by atoms with Gasteiger partial charge in [-0.2, -0.15) is 0 Å². The lowest BCUT2D eigenvalue weighted by Gasteiger charge is -2.30. The number of phenolic OH excluding ortho intramolecular Hbond substituents is 2. The number of fused-ring (bicyclic) bond motifs is 10. The largest absolute Gasteiger partial charge is 0.508 e. The molecule has 0 aliphatic heterocycles. The second-order valence-electron chi connectivity index (χ2n) is 7.30. The summed E-state index contributed by atoms with van der Waals surface area (Å²) in [4.78, 5) is 0. The fourth-order valence-corrected chi connectivity index (χ4v) is 5.12.